The van der Waals surface area contributed by atoms with Gasteiger partial charge in [-0.25, -0.2) is 0 Å². The zero-order valence-electron chi connectivity index (χ0n) is 15.2. The minimum atomic E-state index is -0.540. The lowest BCUT2D eigenvalue weighted by molar-refractivity contribution is 0.0987. The van der Waals surface area contributed by atoms with Gasteiger partial charge < -0.3 is 10.5 Å². The molecule has 28 heavy (non-hydrogen) atoms. The number of nitrogens with zero attached hydrogens (tertiary/aromatic N) is 2. The zero-order chi connectivity index (χ0) is 19.5. The molecule has 140 valence electrons. The predicted octanol–water partition coefficient (Wildman–Crippen LogP) is 3.07. The summed E-state index contributed by atoms with van der Waals surface area (Å²) in [6.45, 7) is 0. The number of amides is 1. The number of carbonyl (C=O) groups excluding carboxylic acids is 2. The molecule has 6 heteroatoms. The molecule has 0 bridgehead atoms. The first-order chi connectivity index (χ1) is 13.6. The van der Waals surface area contributed by atoms with E-state index >= 15 is 0 Å². The van der Waals surface area contributed by atoms with E-state index in [9.17, 15) is 9.59 Å². The standard InChI is InChI=1S/C22H19N3O3/c23-22(27)17-11-18(13-25-12-17)28-21-4-3-15-2-1-14(9-19(15)21)10-20(26)16-5-7-24-8-6-16/h1-2,5-9,11-13,21H,3-4,10H2,(H2,23,27)/t21-/m1/s1. The second kappa shape index (κ2) is 7.60. The minimum absolute atomic E-state index is 0.0520. The Balaban J connectivity index is 1.53. The number of benzene rings is 1. The van der Waals surface area contributed by atoms with Gasteiger partial charge in [0.25, 0.3) is 0 Å². The summed E-state index contributed by atoms with van der Waals surface area (Å²) in [5, 5.41) is 0. The van der Waals surface area contributed by atoms with E-state index in [1.165, 1.54) is 11.8 Å². The number of rotatable bonds is 6. The van der Waals surface area contributed by atoms with Crippen molar-refractivity contribution in [3.8, 4) is 5.75 Å². The Hall–Kier alpha value is -3.54. The molecule has 0 spiro atoms. The van der Waals surface area contributed by atoms with Crippen LogP contribution in [0.5, 0.6) is 5.75 Å². The van der Waals surface area contributed by atoms with Gasteiger partial charge in [-0.05, 0) is 47.7 Å². The molecule has 6 nitrogen and oxygen atoms in total. The molecule has 2 aromatic heterocycles. The summed E-state index contributed by atoms with van der Waals surface area (Å²) in [4.78, 5) is 31.8. The van der Waals surface area contributed by atoms with Crippen molar-refractivity contribution in [3.63, 3.8) is 0 Å². The van der Waals surface area contributed by atoms with E-state index in [0.29, 0.717) is 23.3 Å². The summed E-state index contributed by atoms with van der Waals surface area (Å²) in [6, 6.07) is 11.1. The first-order valence-electron chi connectivity index (χ1n) is 9.06. The summed E-state index contributed by atoms with van der Waals surface area (Å²) >= 11 is 0. The van der Waals surface area contributed by atoms with Crippen molar-refractivity contribution in [2.75, 3.05) is 0 Å². The molecule has 1 aliphatic rings. The number of Topliss-reactive ketones (excluding diaryl/α,β-unsaturated/α-hetero) is 1. The van der Waals surface area contributed by atoms with E-state index in [4.69, 9.17) is 10.5 Å². The fourth-order valence-corrected chi connectivity index (χ4v) is 3.45. The third-order valence-electron chi connectivity index (χ3n) is 4.88. The van der Waals surface area contributed by atoms with Crippen LogP contribution in [0.2, 0.25) is 0 Å². The molecule has 2 heterocycles. The summed E-state index contributed by atoms with van der Waals surface area (Å²) in [7, 11) is 0. The summed E-state index contributed by atoms with van der Waals surface area (Å²) in [5.74, 6) is 0.0188. The first-order valence-corrected chi connectivity index (χ1v) is 9.06. The quantitative estimate of drug-likeness (QED) is 0.670. The van der Waals surface area contributed by atoms with Gasteiger partial charge in [0.1, 0.15) is 11.9 Å². The van der Waals surface area contributed by atoms with Crippen LogP contribution in [0.1, 0.15) is 49.9 Å². The molecule has 1 aromatic carbocycles. The zero-order valence-corrected chi connectivity index (χ0v) is 15.2. The van der Waals surface area contributed by atoms with Gasteiger partial charge in [-0.1, -0.05) is 18.2 Å². The molecule has 4 rings (SSSR count). The molecule has 0 fully saturated rings. The third kappa shape index (κ3) is 3.76. The Morgan fingerprint density at radius 1 is 1.04 bits per heavy atom. The van der Waals surface area contributed by atoms with Crippen LogP contribution < -0.4 is 10.5 Å². The average molecular weight is 373 g/mol. The van der Waals surface area contributed by atoms with Crippen molar-refractivity contribution < 1.29 is 14.3 Å². The number of pyridine rings is 2. The van der Waals surface area contributed by atoms with Crippen LogP contribution in [0.15, 0.2) is 61.2 Å². The second-order valence-corrected chi connectivity index (χ2v) is 6.79. The Morgan fingerprint density at radius 2 is 1.86 bits per heavy atom. The Morgan fingerprint density at radius 3 is 2.64 bits per heavy atom. The van der Waals surface area contributed by atoms with E-state index in [0.717, 1.165) is 24.0 Å². The Bertz CT molecular complexity index is 1030. The number of nitrogens with two attached hydrogens (primary N) is 1. The van der Waals surface area contributed by atoms with Crippen LogP contribution >= 0.6 is 0 Å². The van der Waals surface area contributed by atoms with E-state index in [2.05, 4.69) is 16.0 Å². The number of aromatic nitrogens is 2. The second-order valence-electron chi connectivity index (χ2n) is 6.79. The number of hydrogen-bond acceptors (Lipinski definition) is 5. The lowest BCUT2D eigenvalue weighted by Gasteiger charge is -2.16. The number of carbonyl (C=O) groups is 2. The molecule has 0 saturated heterocycles. The molecule has 3 aromatic rings. The predicted molar refractivity (Wildman–Crippen MR) is 103 cm³/mol. The third-order valence-corrected chi connectivity index (χ3v) is 4.88. The van der Waals surface area contributed by atoms with Crippen molar-refractivity contribution in [2.24, 2.45) is 5.73 Å². The van der Waals surface area contributed by atoms with Gasteiger partial charge in [-0.2, -0.15) is 0 Å². The van der Waals surface area contributed by atoms with Crippen LogP contribution in [-0.2, 0) is 12.8 Å². The van der Waals surface area contributed by atoms with E-state index in [1.54, 1.807) is 36.8 Å². The van der Waals surface area contributed by atoms with Crippen LogP contribution in [0.4, 0.5) is 0 Å². The maximum atomic E-state index is 12.5. The van der Waals surface area contributed by atoms with Gasteiger partial charge in [0, 0.05) is 30.6 Å². The minimum Gasteiger partial charge on any atom is -0.484 e. The van der Waals surface area contributed by atoms with Crippen LogP contribution in [0.25, 0.3) is 0 Å². The molecular formula is C22H19N3O3. The molecular weight excluding hydrogens is 354 g/mol. The van der Waals surface area contributed by atoms with Crippen LogP contribution in [-0.4, -0.2) is 21.7 Å². The van der Waals surface area contributed by atoms with Crippen molar-refractivity contribution in [2.45, 2.75) is 25.4 Å². The SMILES string of the molecule is NC(=O)c1cncc(O[C@@H]2CCc3ccc(CC(=O)c4ccncc4)cc32)c1. The maximum Gasteiger partial charge on any atom is 0.250 e. The molecule has 1 aliphatic carbocycles. The highest BCUT2D eigenvalue weighted by Crippen LogP contribution is 2.35. The number of ketones is 1. The van der Waals surface area contributed by atoms with Gasteiger partial charge in [0.15, 0.2) is 5.78 Å². The summed E-state index contributed by atoms with van der Waals surface area (Å²) in [6.07, 6.45) is 8.14. The number of aryl methyl sites for hydroxylation is 1. The van der Waals surface area contributed by atoms with Gasteiger partial charge in [0.2, 0.25) is 5.91 Å². The molecule has 1 amide bonds. The fraction of sp³-hybridized carbons (Fsp3) is 0.182. The molecule has 2 N–H and O–H groups in total. The highest BCUT2D eigenvalue weighted by Gasteiger charge is 2.25. The van der Waals surface area contributed by atoms with Crippen LogP contribution in [0, 0.1) is 0 Å². The largest absolute Gasteiger partial charge is 0.484 e. The summed E-state index contributed by atoms with van der Waals surface area (Å²) < 4.78 is 6.07. The van der Waals surface area contributed by atoms with Gasteiger partial charge in [-0.15, -0.1) is 0 Å². The van der Waals surface area contributed by atoms with E-state index < -0.39 is 5.91 Å². The Kier molecular flexibility index (Phi) is 4.85. The van der Waals surface area contributed by atoms with Crippen molar-refractivity contribution in [3.05, 3.63) is 89.0 Å². The summed E-state index contributed by atoms with van der Waals surface area (Å²) in [5.41, 5.74) is 9.50. The lowest BCUT2D eigenvalue weighted by atomic mass is 9.99. The molecule has 0 saturated carbocycles. The first kappa shape index (κ1) is 17.9. The number of primary amides is 1. The monoisotopic (exact) mass is 373 g/mol. The highest BCUT2D eigenvalue weighted by molar-refractivity contribution is 5.97. The fourth-order valence-electron chi connectivity index (χ4n) is 3.45. The van der Waals surface area contributed by atoms with Crippen LogP contribution in [0.3, 0.4) is 0 Å². The van der Waals surface area contributed by atoms with Crippen molar-refractivity contribution in [1.29, 1.82) is 0 Å². The van der Waals surface area contributed by atoms with Gasteiger partial charge >= 0.3 is 0 Å². The highest BCUT2D eigenvalue weighted by atomic mass is 16.5. The molecule has 0 radical (unpaired) electrons. The van der Waals surface area contributed by atoms with Crippen molar-refractivity contribution in [1.82, 2.24) is 9.97 Å². The Labute approximate surface area is 162 Å². The number of fused-ring (bicyclic) bond motifs is 1. The number of hydrogen-bond donors (Lipinski definition) is 1. The van der Waals surface area contributed by atoms with Crippen molar-refractivity contribution >= 4 is 11.7 Å². The normalized spacial score (nSPS) is 15.1. The van der Waals surface area contributed by atoms with E-state index in [-0.39, 0.29) is 11.9 Å². The smallest absolute Gasteiger partial charge is 0.250 e. The van der Waals surface area contributed by atoms with Gasteiger partial charge in [0.05, 0.1) is 11.8 Å². The maximum absolute atomic E-state index is 12.5. The van der Waals surface area contributed by atoms with E-state index in [1.807, 2.05) is 12.1 Å². The lowest BCUT2D eigenvalue weighted by Crippen LogP contribution is -2.12. The topological polar surface area (TPSA) is 95.2 Å². The molecule has 1 atom stereocenters. The van der Waals surface area contributed by atoms with Gasteiger partial charge in [-0.3, -0.25) is 19.6 Å². The molecule has 0 aliphatic heterocycles. The average Bonchev–Trinajstić information content (AvgIpc) is 3.11. The molecule has 0 unspecified atom stereocenters. The number of ether oxygens (including phenoxy) is 1.